The summed E-state index contributed by atoms with van der Waals surface area (Å²) in [5.74, 6) is -0.360. The average Bonchev–Trinajstić information content (AvgIpc) is 2.87. The number of amides is 1. The number of nitrogens with one attached hydrogen (secondary N) is 1. The Hall–Kier alpha value is -1.42. The van der Waals surface area contributed by atoms with Crippen LogP contribution in [0.5, 0.6) is 0 Å². The molecule has 0 bridgehead atoms. The predicted molar refractivity (Wildman–Crippen MR) is 57.5 cm³/mol. The van der Waals surface area contributed by atoms with Gasteiger partial charge in [0.1, 0.15) is 5.82 Å². The third-order valence-electron chi connectivity index (χ3n) is 3.38. The largest absolute Gasteiger partial charge is 0.330 e. The summed E-state index contributed by atoms with van der Waals surface area (Å²) in [5.41, 5.74) is 1.48. The summed E-state index contributed by atoms with van der Waals surface area (Å²) in [4.78, 5) is 13.9. The molecule has 1 N–H and O–H groups in total. The topological polar surface area (TPSA) is 32.3 Å². The third kappa shape index (κ3) is 1.41. The maximum atomic E-state index is 13.1. The quantitative estimate of drug-likeness (QED) is 0.769. The summed E-state index contributed by atoms with van der Waals surface area (Å²) in [5, 5.41) is 3.24. The molecule has 0 aromatic heterocycles. The zero-order valence-corrected chi connectivity index (χ0v) is 8.87. The molecule has 1 atom stereocenters. The van der Waals surface area contributed by atoms with E-state index in [1.807, 2.05) is 4.90 Å². The fourth-order valence-corrected chi connectivity index (χ4v) is 2.50. The summed E-state index contributed by atoms with van der Waals surface area (Å²) in [6.07, 6.45) is 0.988. The second-order valence-electron chi connectivity index (χ2n) is 4.38. The fourth-order valence-electron chi connectivity index (χ4n) is 2.50. The lowest BCUT2D eigenvalue weighted by molar-refractivity contribution is 0.0717. The minimum atomic E-state index is -0.335. The number of hydrogen-bond acceptors (Lipinski definition) is 2. The SMILES string of the molecule is O=C1c2cc(F)ccc2CN1[C@@H]1CCNC1. The smallest absolute Gasteiger partial charge is 0.254 e. The number of hydrogen-bond donors (Lipinski definition) is 1. The Labute approximate surface area is 93.2 Å². The molecule has 0 spiro atoms. The Morgan fingerprint density at radius 1 is 1.44 bits per heavy atom. The maximum Gasteiger partial charge on any atom is 0.254 e. The molecule has 4 heteroatoms. The van der Waals surface area contributed by atoms with E-state index in [9.17, 15) is 9.18 Å². The van der Waals surface area contributed by atoms with Crippen molar-refractivity contribution in [1.29, 1.82) is 0 Å². The van der Waals surface area contributed by atoms with Gasteiger partial charge in [0.25, 0.3) is 5.91 Å². The molecule has 3 nitrogen and oxygen atoms in total. The molecule has 0 aliphatic carbocycles. The molecule has 3 rings (SSSR count). The van der Waals surface area contributed by atoms with Crippen LogP contribution in [0.3, 0.4) is 0 Å². The molecular formula is C12H13FN2O. The molecule has 1 saturated heterocycles. The van der Waals surface area contributed by atoms with Crippen LogP contribution in [-0.4, -0.2) is 29.9 Å². The van der Waals surface area contributed by atoms with E-state index in [1.165, 1.54) is 12.1 Å². The van der Waals surface area contributed by atoms with E-state index in [2.05, 4.69) is 5.32 Å². The number of halogens is 1. The molecule has 1 amide bonds. The second-order valence-corrected chi connectivity index (χ2v) is 4.38. The van der Waals surface area contributed by atoms with E-state index in [-0.39, 0.29) is 17.8 Å². The van der Waals surface area contributed by atoms with Gasteiger partial charge in [-0.15, -0.1) is 0 Å². The zero-order valence-electron chi connectivity index (χ0n) is 8.87. The van der Waals surface area contributed by atoms with Gasteiger partial charge in [-0.3, -0.25) is 4.79 Å². The summed E-state index contributed by atoms with van der Waals surface area (Å²) in [6.45, 7) is 2.43. The van der Waals surface area contributed by atoms with Crippen LogP contribution >= 0.6 is 0 Å². The van der Waals surface area contributed by atoms with Gasteiger partial charge >= 0.3 is 0 Å². The van der Waals surface area contributed by atoms with Gasteiger partial charge in [0.2, 0.25) is 0 Å². The van der Waals surface area contributed by atoms with Crippen molar-refractivity contribution in [2.75, 3.05) is 13.1 Å². The fraction of sp³-hybridized carbons (Fsp3) is 0.417. The standard InChI is InChI=1S/C12H13FN2O/c13-9-2-1-8-7-15(10-3-4-14-6-10)12(16)11(8)5-9/h1-2,5,10,14H,3-4,6-7H2/t10-/m1/s1. The van der Waals surface area contributed by atoms with Crippen molar-refractivity contribution in [3.63, 3.8) is 0 Å². The summed E-state index contributed by atoms with van der Waals surface area (Å²) >= 11 is 0. The first kappa shape index (κ1) is 9.78. The number of carbonyl (C=O) groups is 1. The van der Waals surface area contributed by atoms with Crippen LogP contribution in [0.25, 0.3) is 0 Å². The highest BCUT2D eigenvalue weighted by molar-refractivity contribution is 5.98. The van der Waals surface area contributed by atoms with Crippen LogP contribution in [0.1, 0.15) is 22.3 Å². The monoisotopic (exact) mass is 220 g/mol. The normalized spacial score (nSPS) is 23.9. The van der Waals surface area contributed by atoms with Gasteiger partial charge in [-0.05, 0) is 30.7 Å². The van der Waals surface area contributed by atoms with Crippen molar-refractivity contribution in [1.82, 2.24) is 10.2 Å². The molecule has 0 unspecified atom stereocenters. The Morgan fingerprint density at radius 2 is 2.31 bits per heavy atom. The number of benzene rings is 1. The first-order chi connectivity index (χ1) is 7.75. The van der Waals surface area contributed by atoms with E-state index in [1.54, 1.807) is 6.07 Å². The van der Waals surface area contributed by atoms with Crippen LogP contribution in [0, 0.1) is 5.82 Å². The van der Waals surface area contributed by atoms with Crippen LogP contribution < -0.4 is 5.32 Å². The van der Waals surface area contributed by atoms with Gasteiger partial charge in [0, 0.05) is 24.7 Å². The highest BCUT2D eigenvalue weighted by atomic mass is 19.1. The Kier molecular flexibility index (Phi) is 2.17. The molecule has 0 saturated carbocycles. The van der Waals surface area contributed by atoms with E-state index in [4.69, 9.17) is 0 Å². The highest BCUT2D eigenvalue weighted by Crippen LogP contribution is 2.26. The average molecular weight is 220 g/mol. The molecular weight excluding hydrogens is 207 g/mol. The molecule has 0 radical (unpaired) electrons. The molecule has 2 heterocycles. The van der Waals surface area contributed by atoms with Crippen LogP contribution in [0.15, 0.2) is 18.2 Å². The van der Waals surface area contributed by atoms with Crippen molar-refractivity contribution < 1.29 is 9.18 Å². The van der Waals surface area contributed by atoms with E-state index < -0.39 is 0 Å². The lowest BCUT2D eigenvalue weighted by atomic mass is 10.1. The Balaban J connectivity index is 1.91. The van der Waals surface area contributed by atoms with Gasteiger partial charge in [-0.2, -0.15) is 0 Å². The van der Waals surface area contributed by atoms with Crippen molar-refractivity contribution >= 4 is 5.91 Å². The molecule has 1 aromatic rings. The highest BCUT2D eigenvalue weighted by Gasteiger charge is 2.33. The molecule has 2 aliphatic heterocycles. The number of fused-ring (bicyclic) bond motifs is 1. The zero-order chi connectivity index (χ0) is 11.1. The van der Waals surface area contributed by atoms with E-state index in [0.717, 1.165) is 25.1 Å². The lowest BCUT2D eigenvalue weighted by Crippen LogP contribution is -2.36. The van der Waals surface area contributed by atoms with Gasteiger partial charge in [0.05, 0.1) is 0 Å². The predicted octanol–water partition coefficient (Wildman–Crippen LogP) is 1.14. The van der Waals surface area contributed by atoms with Gasteiger partial charge < -0.3 is 10.2 Å². The van der Waals surface area contributed by atoms with Gasteiger partial charge in [-0.25, -0.2) is 4.39 Å². The van der Waals surface area contributed by atoms with Gasteiger partial charge in [0.15, 0.2) is 0 Å². The first-order valence-corrected chi connectivity index (χ1v) is 5.56. The third-order valence-corrected chi connectivity index (χ3v) is 3.38. The molecule has 16 heavy (non-hydrogen) atoms. The van der Waals surface area contributed by atoms with E-state index in [0.29, 0.717) is 12.1 Å². The first-order valence-electron chi connectivity index (χ1n) is 5.56. The molecule has 1 fully saturated rings. The molecule has 2 aliphatic rings. The van der Waals surface area contributed by atoms with Crippen molar-refractivity contribution in [2.24, 2.45) is 0 Å². The van der Waals surface area contributed by atoms with Crippen molar-refractivity contribution in [3.8, 4) is 0 Å². The summed E-state index contributed by atoms with van der Waals surface area (Å²) in [7, 11) is 0. The summed E-state index contributed by atoms with van der Waals surface area (Å²) < 4.78 is 13.1. The van der Waals surface area contributed by atoms with Crippen molar-refractivity contribution in [2.45, 2.75) is 19.0 Å². The maximum absolute atomic E-state index is 13.1. The summed E-state index contributed by atoms with van der Waals surface area (Å²) in [6, 6.07) is 4.75. The van der Waals surface area contributed by atoms with Gasteiger partial charge in [-0.1, -0.05) is 6.07 Å². The number of rotatable bonds is 1. The van der Waals surface area contributed by atoms with Crippen LogP contribution in [0.4, 0.5) is 4.39 Å². The minimum absolute atomic E-state index is 0.0248. The molecule has 1 aromatic carbocycles. The Morgan fingerprint density at radius 3 is 3.06 bits per heavy atom. The van der Waals surface area contributed by atoms with E-state index >= 15 is 0 Å². The molecule has 84 valence electrons. The second kappa shape index (κ2) is 3.56. The van der Waals surface area contributed by atoms with Crippen molar-refractivity contribution in [3.05, 3.63) is 35.1 Å². The minimum Gasteiger partial charge on any atom is -0.330 e. The Bertz CT molecular complexity index is 441. The lowest BCUT2D eigenvalue weighted by Gasteiger charge is -2.22. The number of nitrogens with zero attached hydrogens (tertiary/aromatic N) is 1. The van der Waals surface area contributed by atoms with Crippen LogP contribution in [-0.2, 0) is 6.54 Å². The number of carbonyl (C=O) groups excluding carboxylic acids is 1. The van der Waals surface area contributed by atoms with Crippen LogP contribution in [0.2, 0.25) is 0 Å².